The molecule has 1 aliphatic rings. The van der Waals surface area contributed by atoms with Crippen LogP contribution in [-0.2, 0) is 4.79 Å². The molecule has 0 bridgehead atoms. The number of carbonyl (C=O) groups is 2. The van der Waals surface area contributed by atoms with Gasteiger partial charge in [0.2, 0.25) is 5.91 Å². The highest BCUT2D eigenvalue weighted by molar-refractivity contribution is 5.81. The van der Waals surface area contributed by atoms with Crippen LogP contribution >= 0.6 is 0 Å². The molecule has 0 radical (unpaired) electrons. The highest BCUT2D eigenvalue weighted by Crippen LogP contribution is 2.20. The molecule has 1 fully saturated rings. The maximum atomic E-state index is 11.8. The van der Waals surface area contributed by atoms with Crippen LogP contribution < -0.4 is 10.6 Å². The third-order valence-corrected chi connectivity index (χ3v) is 3.07. The third-order valence-electron chi connectivity index (χ3n) is 3.07. The van der Waals surface area contributed by atoms with Crippen LogP contribution in [0.3, 0.4) is 0 Å². The van der Waals surface area contributed by atoms with Crippen molar-refractivity contribution in [1.29, 1.82) is 0 Å². The van der Waals surface area contributed by atoms with E-state index in [1.54, 1.807) is 0 Å². The predicted octanol–water partition coefficient (Wildman–Crippen LogP) is 1.73. The first-order valence-corrected chi connectivity index (χ1v) is 6.09. The molecule has 1 rings (SSSR count). The average Bonchev–Trinajstić information content (AvgIpc) is 2.18. The van der Waals surface area contributed by atoms with Crippen LogP contribution in [-0.4, -0.2) is 29.2 Å². The van der Waals surface area contributed by atoms with Gasteiger partial charge in [0.1, 0.15) is 0 Å². The SMILES string of the molecule is CC(C)(C)C(=O)NC1CCC(NC(=O)O)CC1. The molecule has 0 unspecified atom stereocenters. The number of hydrogen-bond donors (Lipinski definition) is 3. The standard InChI is InChI=1S/C12H22N2O3/c1-12(2,3)10(15)13-8-4-6-9(7-5-8)14-11(16)17/h8-9,14H,4-7H2,1-3H3,(H,13,15)(H,16,17). The monoisotopic (exact) mass is 242 g/mol. The first-order chi connectivity index (χ1) is 7.79. The Hall–Kier alpha value is -1.26. The maximum Gasteiger partial charge on any atom is 0.404 e. The second-order valence-electron chi connectivity index (χ2n) is 5.72. The van der Waals surface area contributed by atoms with Gasteiger partial charge in [-0.15, -0.1) is 0 Å². The molecular weight excluding hydrogens is 220 g/mol. The van der Waals surface area contributed by atoms with Gasteiger partial charge in [0.15, 0.2) is 0 Å². The molecule has 1 saturated carbocycles. The minimum absolute atomic E-state index is 0.0373. The number of carboxylic acid groups (broad SMARTS) is 1. The van der Waals surface area contributed by atoms with Crippen molar-refractivity contribution in [3.05, 3.63) is 0 Å². The van der Waals surface area contributed by atoms with Crippen molar-refractivity contribution in [2.45, 2.75) is 58.5 Å². The second-order valence-corrected chi connectivity index (χ2v) is 5.72. The van der Waals surface area contributed by atoms with Gasteiger partial charge >= 0.3 is 6.09 Å². The summed E-state index contributed by atoms with van der Waals surface area (Å²) in [6.07, 6.45) is 2.30. The van der Waals surface area contributed by atoms with E-state index in [-0.39, 0.29) is 23.4 Å². The number of hydrogen-bond acceptors (Lipinski definition) is 2. The fourth-order valence-corrected chi connectivity index (χ4v) is 1.96. The molecule has 1 aliphatic carbocycles. The predicted molar refractivity (Wildman–Crippen MR) is 64.8 cm³/mol. The summed E-state index contributed by atoms with van der Waals surface area (Å²) in [5, 5.41) is 14.1. The van der Waals surface area contributed by atoms with E-state index in [1.807, 2.05) is 20.8 Å². The minimum atomic E-state index is -0.966. The van der Waals surface area contributed by atoms with Crippen molar-refractivity contribution in [2.75, 3.05) is 0 Å². The van der Waals surface area contributed by atoms with Gasteiger partial charge in [0.05, 0.1) is 0 Å². The van der Waals surface area contributed by atoms with Crippen LogP contribution in [0.2, 0.25) is 0 Å². The summed E-state index contributed by atoms with van der Waals surface area (Å²) >= 11 is 0. The maximum absolute atomic E-state index is 11.8. The molecule has 0 aromatic carbocycles. The summed E-state index contributed by atoms with van der Waals surface area (Å²) < 4.78 is 0. The van der Waals surface area contributed by atoms with Crippen molar-refractivity contribution in [3.8, 4) is 0 Å². The molecule has 0 heterocycles. The second kappa shape index (κ2) is 5.38. The molecule has 0 atom stereocenters. The van der Waals surface area contributed by atoms with Crippen LogP contribution in [0.15, 0.2) is 0 Å². The van der Waals surface area contributed by atoms with Crippen molar-refractivity contribution in [2.24, 2.45) is 5.41 Å². The zero-order valence-corrected chi connectivity index (χ0v) is 10.7. The Morgan fingerprint density at radius 1 is 1.00 bits per heavy atom. The normalized spacial score (nSPS) is 25.1. The molecule has 0 aromatic heterocycles. The van der Waals surface area contributed by atoms with E-state index in [4.69, 9.17) is 5.11 Å². The van der Waals surface area contributed by atoms with Gasteiger partial charge in [-0.05, 0) is 25.7 Å². The summed E-state index contributed by atoms with van der Waals surface area (Å²) in [5.74, 6) is 0.0622. The summed E-state index contributed by atoms with van der Waals surface area (Å²) in [6, 6.07) is 0.226. The summed E-state index contributed by atoms with van der Waals surface area (Å²) in [6.45, 7) is 5.67. The quantitative estimate of drug-likeness (QED) is 0.690. The molecule has 0 spiro atoms. The van der Waals surface area contributed by atoms with Crippen LogP contribution in [0.1, 0.15) is 46.5 Å². The molecule has 3 N–H and O–H groups in total. The summed E-state index contributed by atoms with van der Waals surface area (Å²) in [5.41, 5.74) is -0.365. The molecule has 98 valence electrons. The van der Waals surface area contributed by atoms with Crippen LogP contribution in [0.4, 0.5) is 4.79 Å². The van der Waals surface area contributed by atoms with Crippen molar-refractivity contribution < 1.29 is 14.7 Å². The van der Waals surface area contributed by atoms with E-state index in [9.17, 15) is 9.59 Å². The lowest BCUT2D eigenvalue weighted by Gasteiger charge is -2.31. The lowest BCUT2D eigenvalue weighted by atomic mass is 9.89. The fraction of sp³-hybridized carbons (Fsp3) is 0.833. The van der Waals surface area contributed by atoms with Gasteiger partial charge in [-0.3, -0.25) is 4.79 Å². The molecule has 0 saturated heterocycles. The Labute approximate surface area is 102 Å². The summed E-state index contributed by atoms with van der Waals surface area (Å²) in [7, 11) is 0. The van der Waals surface area contributed by atoms with Crippen LogP contribution in [0, 0.1) is 5.41 Å². The van der Waals surface area contributed by atoms with Crippen LogP contribution in [0.5, 0.6) is 0 Å². The van der Waals surface area contributed by atoms with Crippen molar-refractivity contribution in [3.63, 3.8) is 0 Å². The zero-order valence-electron chi connectivity index (χ0n) is 10.7. The van der Waals surface area contributed by atoms with E-state index < -0.39 is 6.09 Å². The Morgan fingerprint density at radius 3 is 1.76 bits per heavy atom. The van der Waals surface area contributed by atoms with Crippen molar-refractivity contribution >= 4 is 12.0 Å². The van der Waals surface area contributed by atoms with Gasteiger partial charge in [-0.2, -0.15) is 0 Å². The van der Waals surface area contributed by atoms with Gasteiger partial charge in [-0.25, -0.2) is 4.79 Å². The Balaban J connectivity index is 2.33. The van der Waals surface area contributed by atoms with E-state index in [0.717, 1.165) is 25.7 Å². The number of nitrogens with one attached hydrogen (secondary N) is 2. The van der Waals surface area contributed by atoms with Gasteiger partial charge in [0, 0.05) is 17.5 Å². The van der Waals surface area contributed by atoms with Crippen LogP contribution in [0.25, 0.3) is 0 Å². The number of amides is 2. The first kappa shape index (κ1) is 13.8. The minimum Gasteiger partial charge on any atom is -0.465 e. The molecule has 0 aromatic rings. The summed E-state index contributed by atoms with van der Waals surface area (Å²) in [4.78, 5) is 22.2. The molecule has 0 aliphatic heterocycles. The first-order valence-electron chi connectivity index (χ1n) is 6.09. The van der Waals surface area contributed by atoms with Gasteiger partial charge in [-0.1, -0.05) is 20.8 Å². The molecule has 2 amide bonds. The Bertz CT molecular complexity index is 289. The highest BCUT2D eigenvalue weighted by atomic mass is 16.4. The molecule has 5 nitrogen and oxygen atoms in total. The van der Waals surface area contributed by atoms with E-state index in [0.29, 0.717) is 0 Å². The zero-order chi connectivity index (χ0) is 13.1. The molecule has 17 heavy (non-hydrogen) atoms. The van der Waals surface area contributed by atoms with Gasteiger partial charge in [0.25, 0.3) is 0 Å². The third kappa shape index (κ3) is 4.63. The number of carbonyl (C=O) groups excluding carboxylic acids is 1. The number of rotatable bonds is 2. The topological polar surface area (TPSA) is 78.4 Å². The van der Waals surface area contributed by atoms with Crippen molar-refractivity contribution in [1.82, 2.24) is 10.6 Å². The smallest absolute Gasteiger partial charge is 0.404 e. The fourth-order valence-electron chi connectivity index (χ4n) is 1.96. The van der Waals surface area contributed by atoms with E-state index in [2.05, 4.69) is 10.6 Å². The van der Waals surface area contributed by atoms with Gasteiger partial charge < -0.3 is 15.7 Å². The molecular formula is C12H22N2O3. The van der Waals surface area contributed by atoms with E-state index in [1.165, 1.54) is 0 Å². The molecule has 5 heteroatoms. The Kier molecular flexibility index (Phi) is 4.37. The highest BCUT2D eigenvalue weighted by Gasteiger charge is 2.27. The Morgan fingerprint density at radius 2 is 1.41 bits per heavy atom. The average molecular weight is 242 g/mol. The van der Waals surface area contributed by atoms with E-state index >= 15 is 0 Å². The lowest BCUT2D eigenvalue weighted by molar-refractivity contribution is -0.129. The largest absolute Gasteiger partial charge is 0.465 e. The lowest BCUT2D eigenvalue weighted by Crippen LogP contribution is -2.46.